The molecule has 4 rings (SSSR count). The third kappa shape index (κ3) is 3.39. The summed E-state index contributed by atoms with van der Waals surface area (Å²) in [4.78, 5) is 7.91. The Bertz CT molecular complexity index is 1050. The summed E-state index contributed by atoms with van der Waals surface area (Å²) in [6, 6.07) is 14.0. The van der Waals surface area contributed by atoms with Gasteiger partial charge in [-0.15, -0.1) is 0 Å². The van der Waals surface area contributed by atoms with Crippen LogP contribution in [0.25, 0.3) is 22.6 Å². The molecule has 0 saturated heterocycles. The number of nitrogens with zero attached hydrogens (tertiary/aromatic N) is 1. The summed E-state index contributed by atoms with van der Waals surface area (Å²) in [5.41, 5.74) is 1.89. The van der Waals surface area contributed by atoms with Crippen LogP contribution in [0.3, 0.4) is 0 Å². The van der Waals surface area contributed by atoms with Crippen LogP contribution in [-0.4, -0.2) is 46.3 Å². The molecule has 0 aliphatic carbocycles. The minimum atomic E-state index is 0.0664. The van der Waals surface area contributed by atoms with Crippen molar-refractivity contribution in [2.24, 2.45) is 0 Å². The van der Waals surface area contributed by atoms with Gasteiger partial charge in [-0.25, -0.2) is 0 Å². The normalized spacial score (nSPS) is 10.9. The SMILES string of the molecule is COc1cc([Se]c2ccc3nc(-c4ccco4)[nH]c3c2)cc(OC)c1OC. The molecule has 0 saturated carbocycles. The van der Waals surface area contributed by atoms with Gasteiger partial charge in [-0.2, -0.15) is 0 Å². The summed E-state index contributed by atoms with van der Waals surface area (Å²) in [5, 5.41) is 0. The Morgan fingerprint density at radius 2 is 1.70 bits per heavy atom. The number of fused-ring (bicyclic) bond motifs is 1. The van der Waals surface area contributed by atoms with Crippen molar-refractivity contribution in [3.8, 4) is 28.8 Å². The molecule has 0 aliphatic heterocycles. The number of hydrogen-bond acceptors (Lipinski definition) is 5. The molecule has 2 aromatic carbocycles. The van der Waals surface area contributed by atoms with E-state index in [4.69, 9.17) is 18.6 Å². The number of aromatic nitrogens is 2. The zero-order valence-corrected chi connectivity index (χ0v) is 16.8. The van der Waals surface area contributed by atoms with E-state index in [0.29, 0.717) is 17.2 Å². The fourth-order valence-corrected chi connectivity index (χ4v) is 4.76. The first-order valence-corrected chi connectivity index (χ1v) is 9.94. The summed E-state index contributed by atoms with van der Waals surface area (Å²) in [6.07, 6.45) is 1.64. The zero-order chi connectivity index (χ0) is 18.8. The second-order valence-electron chi connectivity index (χ2n) is 5.70. The number of rotatable bonds is 6. The van der Waals surface area contributed by atoms with E-state index in [2.05, 4.69) is 22.1 Å². The molecule has 7 heteroatoms. The molecule has 4 aromatic rings. The topological polar surface area (TPSA) is 69.5 Å². The van der Waals surface area contributed by atoms with Crippen molar-refractivity contribution in [1.82, 2.24) is 9.97 Å². The quantitative estimate of drug-likeness (QED) is 0.477. The Hall–Kier alpha value is -2.89. The predicted molar refractivity (Wildman–Crippen MR) is 105 cm³/mol. The molecule has 6 nitrogen and oxygen atoms in total. The van der Waals surface area contributed by atoms with Crippen molar-refractivity contribution in [3.63, 3.8) is 0 Å². The first kappa shape index (κ1) is 17.5. The molecule has 0 unspecified atom stereocenters. The van der Waals surface area contributed by atoms with E-state index >= 15 is 0 Å². The third-order valence-corrected chi connectivity index (χ3v) is 6.10. The summed E-state index contributed by atoms with van der Waals surface area (Å²) in [6.45, 7) is 0. The Labute approximate surface area is 162 Å². The number of furan rings is 1. The van der Waals surface area contributed by atoms with Crippen LogP contribution in [-0.2, 0) is 0 Å². The van der Waals surface area contributed by atoms with E-state index < -0.39 is 0 Å². The van der Waals surface area contributed by atoms with Gasteiger partial charge in [-0.3, -0.25) is 0 Å². The number of benzene rings is 2. The molecule has 0 atom stereocenters. The number of ether oxygens (including phenoxy) is 3. The van der Waals surface area contributed by atoms with Crippen LogP contribution < -0.4 is 23.1 Å². The molecule has 2 aromatic heterocycles. The van der Waals surface area contributed by atoms with Crippen LogP contribution in [0.5, 0.6) is 17.2 Å². The van der Waals surface area contributed by atoms with E-state index in [1.54, 1.807) is 27.6 Å². The summed E-state index contributed by atoms with van der Waals surface area (Å²) in [7, 11) is 4.86. The van der Waals surface area contributed by atoms with Gasteiger partial charge in [-0.1, -0.05) is 0 Å². The second-order valence-corrected chi connectivity index (χ2v) is 8.11. The Kier molecular flexibility index (Phi) is 4.79. The molecule has 1 N–H and O–H groups in total. The molecule has 0 fully saturated rings. The maximum atomic E-state index is 5.45. The van der Waals surface area contributed by atoms with Gasteiger partial charge < -0.3 is 0 Å². The van der Waals surface area contributed by atoms with Gasteiger partial charge in [0.25, 0.3) is 0 Å². The number of imidazole rings is 1. The Balaban J connectivity index is 1.67. The monoisotopic (exact) mass is 430 g/mol. The maximum absolute atomic E-state index is 5.45. The first-order valence-electron chi connectivity index (χ1n) is 8.23. The average molecular weight is 429 g/mol. The van der Waals surface area contributed by atoms with Gasteiger partial charge in [0.1, 0.15) is 0 Å². The van der Waals surface area contributed by atoms with Crippen LogP contribution in [0.1, 0.15) is 0 Å². The van der Waals surface area contributed by atoms with Crippen molar-refractivity contribution >= 4 is 34.9 Å². The Morgan fingerprint density at radius 3 is 2.33 bits per heavy atom. The van der Waals surface area contributed by atoms with Gasteiger partial charge in [-0.05, 0) is 0 Å². The van der Waals surface area contributed by atoms with E-state index in [0.717, 1.165) is 27.1 Å². The summed E-state index contributed by atoms with van der Waals surface area (Å²) < 4.78 is 24.0. The molecule has 0 spiro atoms. The molecule has 27 heavy (non-hydrogen) atoms. The number of hydrogen-bond donors (Lipinski definition) is 1. The number of aromatic amines is 1. The van der Waals surface area contributed by atoms with Crippen LogP contribution >= 0.6 is 0 Å². The fourth-order valence-electron chi connectivity index (χ4n) is 2.83. The molecule has 0 amide bonds. The van der Waals surface area contributed by atoms with Gasteiger partial charge >= 0.3 is 162 Å². The van der Waals surface area contributed by atoms with Crippen molar-refractivity contribution in [1.29, 1.82) is 0 Å². The number of nitrogens with one attached hydrogen (secondary N) is 1. The van der Waals surface area contributed by atoms with Gasteiger partial charge in [0.15, 0.2) is 0 Å². The number of H-pyrrole nitrogens is 1. The molecule has 0 aliphatic rings. The first-order chi connectivity index (χ1) is 13.2. The minimum absolute atomic E-state index is 0.0664. The zero-order valence-electron chi connectivity index (χ0n) is 15.1. The molecular weight excluding hydrogens is 411 g/mol. The molecule has 138 valence electrons. The van der Waals surface area contributed by atoms with Crippen molar-refractivity contribution < 1.29 is 18.6 Å². The third-order valence-electron chi connectivity index (χ3n) is 4.08. The van der Waals surface area contributed by atoms with Crippen molar-refractivity contribution in [3.05, 3.63) is 48.7 Å². The second kappa shape index (κ2) is 7.39. The summed E-state index contributed by atoms with van der Waals surface area (Å²) in [5.74, 6) is 3.38. The van der Waals surface area contributed by atoms with E-state index in [1.165, 1.54) is 4.46 Å². The average Bonchev–Trinajstić information content (AvgIpc) is 3.36. The van der Waals surface area contributed by atoms with Crippen molar-refractivity contribution in [2.45, 2.75) is 0 Å². The molecule has 0 bridgehead atoms. The van der Waals surface area contributed by atoms with Gasteiger partial charge in [0, 0.05) is 0 Å². The standard InChI is InChI=1S/C20H18N2O4Se/c1-23-17-10-13(11-18(24-2)19(17)25-3)27-12-6-7-14-15(9-12)22-20(21-14)16-5-4-8-26-16/h4-11H,1-3H3,(H,21,22). The molecular formula is C20H18N2O4Se. The van der Waals surface area contributed by atoms with Gasteiger partial charge in [0.05, 0.1) is 0 Å². The fraction of sp³-hybridized carbons (Fsp3) is 0.150. The Morgan fingerprint density at radius 1 is 0.926 bits per heavy atom. The van der Waals surface area contributed by atoms with Gasteiger partial charge in [0.2, 0.25) is 0 Å². The summed E-state index contributed by atoms with van der Waals surface area (Å²) >= 11 is 0.0664. The predicted octanol–water partition coefficient (Wildman–Crippen LogP) is 2.50. The van der Waals surface area contributed by atoms with Crippen LogP contribution in [0.2, 0.25) is 0 Å². The van der Waals surface area contributed by atoms with E-state index in [-0.39, 0.29) is 15.0 Å². The van der Waals surface area contributed by atoms with E-state index in [9.17, 15) is 0 Å². The van der Waals surface area contributed by atoms with E-state index in [1.807, 2.05) is 30.3 Å². The molecule has 0 radical (unpaired) electrons. The molecule has 2 heterocycles. The van der Waals surface area contributed by atoms with Crippen LogP contribution in [0.4, 0.5) is 0 Å². The van der Waals surface area contributed by atoms with Crippen molar-refractivity contribution in [2.75, 3.05) is 21.3 Å². The van der Waals surface area contributed by atoms with Crippen LogP contribution in [0.15, 0.2) is 53.1 Å². The number of methoxy groups -OCH3 is 3. The van der Waals surface area contributed by atoms with Crippen LogP contribution in [0, 0.1) is 0 Å².